The maximum absolute atomic E-state index is 12.1. The molecule has 1 saturated heterocycles. The largest absolute Gasteiger partial charge is 0.334 e. The fraction of sp³-hybridized carbons (Fsp3) is 0.643. The van der Waals surface area contributed by atoms with Crippen molar-refractivity contribution in [2.75, 3.05) is 25.9 Å². The fourth-order valence-electron chi connectivity index (χ4n) is 2.80. The summed E-state index contributed by atoms with van der Waals surface area (Å²) in [6, 6.07) is 1.91. The SMILES string of the molecule is CCN(C1CCN(C(=O)NCc2ccsc2)CC1)S(C)(=O)=O. The number of thiophene rings is 1. The topological polar surface area (TPSA) is 69.7 Å². The molecule has 0 radical (unpaired) electrons. The minimum atomic E-state index is -3.18. The Bertz CT molecular complexity index is 578. The van der Waals surface area contributed by atoms with Crippen LogP contribution in [0.5, 0.6) is 0 Å². The van der Waals surface area contributed by atoms with Gasteiger partial charge in [-0.05, 0) is 35.2 Å². The fourth-order valence-corrected chi connectivity index (χ4v) is 4.69. The summed E-state index contributed by atoms with van der Waals surface area (Å²) in [5.74, 6) is 0. The monoisotopic (exact) mass is 345 g/mol. The summed E-state index contributed by atoms with van der Waals surface area (Å²) >= 11 is 1.61. The zero-order chi connectivity index (χ0) is 16.2. The van der Waals surface area contributed by atoms with Crippen LogP contribution in [0.1, 0.15) is 25.3 Å². The first-order valence-corrected chi connectivity index (χ1v) is 10.2. The van der Waals surface area contributed by atoms with Gasteiger partial charge in [0, 0.05) is 32.2 Å². The molecule has 2 rings (SSSR count). The van der Waals surface area contributed by atoms with Gasteiger partial charge in [0.2, 0.25) is 10.0 Å². The van der Waals surface area contributed by atoms with Crippen LogP contribution in [0, 0.1) is 0 Å². The van der Waals surface area contributed by atoms with E-state index >= 15 is 0 Å². The van der Waals surface area contributed by atoms with Gasteiger partial charge < -0.3 is 10.2 Å². The molecule has 0 unspecified atom stereocenters. The normalized spacial score (nSPS) is 17.0. The number of amides is 2. The second-order valence-corrected chi connectivity index (χ2v) is 8.19. The first-order valence-electron chi connectivity index (χ1n) is 7.42. The van der Waals surface area contributed by atoms with Gasteiger partial charge in [-0.2, -0.15) is 15.6 Å². The van der Waals surface area contributed by atoms with Crippen LogP contribution in [-0.2, 0) is 16.6 Å². The molecular weight excluding hydrogens is 322 g/mol. The van der Waals surface area contributed by atoms with Crippen LogP contribution in [0.2, 0.25) is 0 Å². The lowest BCUT2D eigenvalue weighted by atomic mass is 10.1. The van der Waals surface area contributed by atoms with E-state index in [1.807, 2.05) is 23.8 Å². The lowest BCUT2D eigenvalue weighted by molar-refractivity contribution is 0.159. The molecule has 1 aromatic heterocycles. The molecule has 0 atom stereocenters. The number of hydrogen-bond donors (Lipinski definition) is 1. The summed E-state index contributed by atoms with van der Waals surface area (Å²) in [6.07, 6.45) is 2.62. The Morgan fingerprint density at radius 1 is 1.45 bits per heavy atom. The van der Waals surface area contributed by atoms with E-state index in [0.717, 1.165) is 5.56 Å². The summed E-state index contributed by atoms with van der Waals surface area (Å²) in [5.41, 5.74) is 1.10. The van der Waals surface area contributed by atoms with Crippen LogP contribution in [-0.4, -0.2) is 55.6 Å². The standard InChI is InChI=1S/C14H23N3O3S2/c1-3-17(22(2,19)20)13-4-7-16(8-5-13)14(18)15-10-12-6-9-21-11-12/h6,9,11,13H,3-5,7-8,10H2,1-2H3,(H,15,18). The Morgan fingerprint density at radius 3 is 2.64 bits per heavy atom. The van der Waals surface area contributed by atoms with Gasteiger partial charge >= 0.3 is 6.03 Å². The van der Waals surface area contributed by atoms with Crippen molar-refractivity contribution in [3.05, 3.63) is 22.4 Å². The number of rotatable bonds is 5. The number of nitrogens with one attached hydrogen (secondary N) is 1. The van der Waals surface area contributed by atoms with Crippen molar-refractivity contribution in [3.63, 3.8) is 0 Å². The highest BCUT2D eigenvalue weighted by molar-refractivity contribution is 7.88. The van der Waals surface area contributed by atoms with Crippen LogP contribution >= 0.6 is 11.3 Å². The van der Waals surface area contributed by atoms with E-state index in [2.05, 4.69) is 5.32 Å². The molecule has 6 nitrogen and oxygen atoms in total. The molecule has 1 aromatic rings. The average Bonchev–Trinajstić information content (AvgIpc) is 2.98. The molecule has 8 heteroatoms. The Hall–Kier alpha value is -1.12. The van der Waals surface area contributed by atoms with Crippen molar-refractivity contribution < 1.29 is 13.2 Å². The first kappa shape index (κ1) is 17.2. The summed E-state index contributed by atoms with van der Waals surface area (Å²) in [7, 11) is -3.18. The molecule has 22 heavy (non-hydrogen) atoms. The summed E-state index contributed by atoms with van der Waals surface area (Å²) in [6.45, 7) is 4.04. The smallest absolute Gasteiger partial charge is 0.317 e. The Morgan fingerprint density at radius 2 is 2.14 bits per heavy atom. The minimum absolute atomic E-state index is 0.000855. The van der Waals surface area contributed by atoms with Crippen LogP contribution in [0.4, 0.5) is 4.79 Å². The van der Waals surface area contributed by atoms with Crippen molar-refractivity contribution in [2.45, 2.75) is 32.4 Å². The van der Waals surface area contributed by atoms with Gasteiger partial charge in [-0.15, -0.1) is 0 Å². The molecule has 0 saturated carbocycles. The summed E-state index contributed by atoms with van der Waals surface area (Å²) in [5, 5.41) is 6.90. The summed E-state index contributed by atoms with van der Waals surface area (Å²) < 4.78 is 25.0. The van der Waals surface area contributed by atoms with E-state index in [0.29, 0.717) is 39.0 Å². The van der Waals surface area contributed by atoms with Gasteiger partial charge in [-0.25, -0.2) is 13.2 Å². The molecule has 0 aromatic carbocycles. The number of urea groups is 1. The number of hydrogen-bond acceptors (Lipinski definition) is 4. The lowest BCUT2D eigenvalue weighted by Crippen LogP contribution is -2.50. The molecule has 1 aliphatic heterocycles. The molecule has 2 amide bonds. The Labute approximate surface area is 136 Å². The highest BCUT2D eigenvalue weighted by atomic mass is 32.2. The van der Waals surface area contributed by atoms with E-state index < -0.39 is 10.0 Å². The van der Waals surface area contributed by atoms with Crippen LogP contribution in [0.25, 0.3) is 0 Å². The number of carbonyl (C=O) groups excluding carboxylic acids is 1. The van der Waals surface area contributed by atoms with Gasteiger partial charge in [0.15, 0.2) is 0 Å². The number of nitrogens with zero attached hydrogens (tertiary/aromatic N) is 2. The third-order valence-electron chi connectivity index (χ3n) is 3.92. The van der Waals surface area contributed by atoms with Crippen LogP contribution in [0.3, 0.4) is 0 Å². The van der Waals surface area contributed by atoms with E-state index in [-0.39, 0.29) is 12.1 Å². The predicted octanol–water partition coefficient (Wildman–Crippen LogP) is 1.70. The number of likely N-dealkylation sites (tertiary alicyclic amines) is 1. The van der Waals surface area contributed by atoms with E-state index in [1.54, 1.807) is 16.2 Å². The second kappa shape index (κ2) is 7.43. The molecule has 124 valence electrons. The zero-order valence-corrected chi connectivity index (χ0v) is 14.6. The molecule has 0 spiro atoms. The van der Waals surface area contributed by atoms with E-state index in [1.165, 1.54) is 10.6 Å². The minimum Gasteiger partial charge on any atom is -0.334 e. The highest BCUT2D eigenvalue weighted by Gasteiger charge is 2.30. The van der Waals surface area contributed by atoms with Gasteiger partial charge in [0.25, 0.3) is 0 Å². The van der Waals surface area contributed by atoms with E-state index in [4.69, 9.17) is 0 Å². The van der Waals surface area contributed by atoms with Crippen molar-refractivity contribution in [1.82, 2.24) is 14.5 Å². The van der Waals surface area contributed by atoms with Crippen molar-refractivity contribution in [1.29, 1.82) is 0 Å². The molecular formula is C14H23N3O3S2. The number of piperidine rings is 1. The predicted molar refractivity (Wildman–Crippen MR) is 88.4 cm³/mol. The summed E-state index contributed by atoms with van der Waals surface area (Å²) in [4.78, 5) is 13.9. The van der Waals surface area contributed by atoms with Gasteiger partial charge in [0.05, 0.1) is 6.26 Å². The third kappa shape index (κ3) is 4.44. The molecule has 1 fully saturated rings. The van der Waals surface area contributed by atoms with Crippen molar-refractivity contribution in [3.8, 4) is 0 Å². The molecule has 0 aliphatic carbocycles. The highest BCUT2D eigenvalue weighted by Crippen LogP contribution is 2.19. The molecule has 0 bridgehead atoms. The van der Waals surface area contributed by atoms with Crippen molar-refractivity contribution >= 4 is 27.4 Å². The van der Waals surface area contributed by atoms with Crippen molar-refractivity contribution in [2.24, 2.45) is 0 Å². The number of sulfonamides is 1. The van der Waals surface area contributed by atoms with E-state index in [9.17, 15) is 13.2 Å². The Kier molecular flexibility index (Phi) is 5.82. The van der Waals surface area contributed by atoms with Gasteiger partial charge in [-0.1, -0.05) is 6.92 Å². The van der Waals surface area contributed by atoms with Gasteiger partial charge in [0.1, 0.15) is 0 Å². The maximum atomic E-state index is 12.1. The molecule has 1 aliphatic rings. The average molecular weight is 345 g/mol. The maximum Gasteiger partial charge on any atom is 0.317 e. The third-order valence-corrected chi connectivity index (χ3v) is 6.06. The Balaban J connectivity index is 1.82. The van der Waals surface area contributed by atoms with Crippen LogP contribution < -0.4 is 5.32 Å². The number of carbonyl (C=O) groups is 1. The first-order chi connectivity index (χ1) is 10.4. The quantitative estimate of drug-likeness (QED) is 0.883. The lowest BCUT2D eigenvalue weighted by Gasteiger charge is -2.36. The second-order valence-electron chi connectivity index (χ2n) is 5.47. The van der Waals surface area contributed by atoms with Crippen LogP contribution in [0.15, 0.2) is 16.8 Å². The van der Waals surface area contributed by atoms with Gasteiger partial charge in [-0.3, -0.25) is 0 Å². The molecule has 1 N–H and O–H groups in total. The molecule has 2 heterocycles. The zero-order valence-electron chi connectivity index (χ0n) is 13.0.